The van der Waals surface area contributed by atoms with Gasteiger partial charge in [-0.05, 0) is 67.6 Å². The first-order chi connectivity index (χ1) is 19.9. The maximum atomic E-state index is 13.1. The molecule has 9 nitrogen and oxygen atoms in total. The molecule has 1 amide bonds. The van der Waals surface area contributed by atoms with Crippen molar-refractivity contribution in [2.75, 3.05) is 25.3 Å². The Kier molecular flexibility index (Phi) is 8.30. The largest absolute Gasteiger partial charge is 0.497 e. The van der Waals surface area contributed by atoms with Gasteiger partial charge in [-0.2, -0.15) is 0 Å². The van der Waals surface area contributed by atoms with E-state index in [0.29, 0.717) is 16.6 Å². The number of aromatic nitrogens is 4. The number of amides is 1. The van der Waals surface area contributed by atoms with Crippen molar-refractivity contribution in [3.63, 3.8) is 0 Å². The number of thioether (sulfide) groups is 1. The standard InChI is InChI=1S/C31H31N5O4S/c1-20-27(30(38)36(35(20)2)23-8-6-5-7-9-23)32-26(37)18-19-41-31-33-28(21-10-14-24(39-3)15-11-21)29(34-31)22-12-16-25(40-4)17-13-22/h5-17H,18-19H2,1-4H3,(H,32,37)(H,33,34). The van der Waals surface area contributed by atoms with E-state index in [1.807, 2.05) is 85.8 Å². The highest BCUT2D eigenvalue weighted by Gasteiger charge is 2.19. The van der Waals surface area contributed by atoms with Crippen molar-refractivity contribution in [3.05, 3.63) is 94.9 Å². The number of aromatic amines is 1. The normalized spacial score (nSPS) is 10.9. The summed E-state index contributed by atoms with van der Waals surface area (Å²) in [6, 6.07) is 24.8. The highest BCUT2D eigenvalue weighted by atomic mass is 32.2. The molecule has 2 aromatic heterocycles. The van der Waals surface area contributed by atoms with Crippen LogP contribution >= 0.6 is 11.8 Å². The average Bonchev–Trinajstić information content (AvgIpc) is 3.52. The lowest BCUT2D eigenvalue weighted by atomic mass is 10.0. The number of carbonyl (C=O) groups excluding carboxylic acids is 1. The number of hydrogen-bond acceptors (Lipinski definition) is 6. The highest BCUT2D eigenvalue weighted by molar-refractivity contribution is 7.99. The molecule has 0 aliphatic carbocycles. The van der Waals surface area contributed by atoms with Crippen LogP contribution < -0.4 is 20.3 Å². The summed E-state index contributed by atoms with van der Waals surface area (Å²) >= 11 is 1.45. The molecule has 0 aliphatic heterocycles. The SMILES string of the molecule is COc1ccc(-c2nc(SCCC(=O)Nc3c(C)n(C)n(-c4ccccc4)c3=O)[nH]c2-c2ccc(OC)cc2)cc1. The zero-order valence-electron chi connectivity index (χ0n) is 23.3. The van der Waals surface area contributed by atoms with Gasteiger partial charge in [-0.3, -0.25) is 14.3 Å². The first-order valence-corrected chi connectivity index (χ1v) is 14.0. The van der Waals surface area contributed by atoms with Crippen LogP contribution in [0.3, 0.4) is 0 Å². The van der Waals surface area contributed by atoms with Crippen LogP contribution in [-0.2, 0) is 11.8 Å². The first kappa shape index (κ1) is 27.9. The summed E-state index contributed by atoms with van der Waals surface area (Å²) in [5.74, 6) is 1.77. The Morgan fingerprint density at radius 1 is 0.927 bits per heavy atom. The minimum absolute atomic E-state index is 0.209. The van der Waals surface area contributed by atoms with E-state index in [4.69, 9.17) is 14.5 Å². The minimum Gasteiger partial charge on any atom is -0.497 e. The summed E-state index contributed by atoms with van der Waals surface area (Å²) in [5, 5.41) is 3.52. The molecule has 2 heterocycles. The molecular formula is C31H31N5O4S. The van der Waals surface area contributed by atoms with Crippen LogP contribution in [0.1, 0.15) is 12.1 Å². The van der Waals surface area contributed by atoms with Gasteiger partial charge in [-0.25, -0.2) is 9.67 Å². The maximum Gasteiger partial charge on any atom is 0.295 e. The van der Waals surface area contributed by atoms with Crippen molar-refractivity contribution in [2.45, 2.75) is 18.5 Å². The van der Waals surface area contributed by atoms with Gasteiger partial charge in [0.2, 0.25) is 5.91 Å². The Balaban J connectivity index is 1.31. The van der Waals surface area contributed by atoms with Crippen LogP contribution in [0.15, 0.2) is 88.8 Å². The topological polar surface area (TPSA) is 103 Å². The molecule has 10 heteroatoms. The molecule has 0 fully saturated rings. The molecule has 0 saturated heterocycles. The lowest BCUT2D eigenvalue weighted by Gasteiger charge is -2.07. The molecule has 5 aromatic rings. The number of rotatable bonds is 10. The Hall–Kier alpha value is -4.70. The second kappa shape index (κ2) is 12.2. The van der Waals surface area contributed by atoms with E-state index < -0.39 is 0 Å². The first-order valence-electron chi connectivity index (χ1n) is 13.0. The van der Waals surface area contributed by atoms with Crippen LogP contribution in [0.4, 0.5) is 5.69 Å². The van der Waals surface area contributed by atoms with Crippen LogP contribution in [0.5, 0.6) is 11.5 Å². The number of nitrogens with zero attached hydrogens (tertiary/aromatic N) is 3. The fourth-order valence-electron chi connectivity index (χ4n) is 4.50. The number of benzene rings is 3. The fraction of sp³-hybridized carbons (Fsp3) is 0.194. The van der Waals surface area contributed by atoms with Gasteiger partial charge in [0.25, 0.3) is 5.56 Å². The van der Waals surface area contributed by atoms with Crippen molar-refractivity contribution in [1.29, 1.82) is 0 Å². The summed E-state index contributed by atoms with van der Waals surface area (Å²) in [5.41, 5.74) is 4.99. The van der Waals surface area contributed by atoms with Gasteiger partial charge in [0.05, 0.1) is 37.0 Å². The third-order valence-electron chi connectivity index (χ3n) is 6.81. The smallest absolute Gasteiger partial charge is 0.295 e. The summed E-state index contributed by atoms with van der Waals surface area (Å²) in [6.07, 6.45) is 0.209. The molecule has 0 bridgehead atoms. The van der Waals surface area contributed by atoms with E-state index in [2.05, 4.69) is 10.3 Å². The number of hydrogen-bond donors (Lipinski definition) is 2. The molecular weight excluding hydrogens is 538 g/mol. The van der Waals surface area contributed by atoms with E-state index >= 15 is 0 Å². The van der Waals surface area contributed by atoms with E-state index in [9.17, 15) is 9.59 Å². The number of methoxy groups -OCH3 is 2. The van der Waals surface area contributed by atoms with Crippen molar-refractivity contribution < 1.29 is 14.3 Å². The van der Waals surface area contributed by atoms with Crippen molar-refractivity contribution in [3.8, 4) is 39.7 Å². The summed E-state index contributed by atoms with van der Waals surface area (Å²) in [6.45, 7) is 1.81. The molecule has 210 valence electrons. The zero-order chi connectivity index (χ0) is 28.9. The Bertz CT molecular complexity index is 1640. The predicted molar refractivity (Wildman–Crippen MR) is 162 cm³/mol. The van der Waals surface area contributed by atoms with Crippen LogP contribution in [-0.4, -0.2) is 45.2 Å². The zero-order valence-corrected chi connectivity index (χ0v) is 24.1. The van der Waals surface area contributed by atoms with Gasteiger partial charge in [0, 0.05) is 30.3 Å². The summed E-state index contributed by atoms with van der Waals surface area (Å²) in [7, 11) is 5.07. The van der Waals surface area contributed by atoms with Gasteiger partial charge < -0.3 is 19.8 Å². The van der Waals surface area contributed by atoms with Crippen molar-refractivity contribution >= 4 is 23.4 Å². The number of ether oxygens (including phenoxy) is 2. The summed E-state index contributed by atoms with van der Waals surface area (Å²) in [4.78, 5) is 34.3. The van der Waals surface area contributed by atoms with Crippen LogP contribution in [0.25, 0.3) is 28.2 Å². The van der Waals surface area contributed by atoms with Gasteiger partial charge in [-0.1, -0.05) is 30.0 Å². The molecule has 0 radical (unpaired) electrons. The van der Waals surface area contributed by atoms with Gasteiger partial charge in [0.1, 0.15) is 17.2 Å². The minimum atomic E-state index is -0.267. The molecule has 2 N–H and O–H groups in total. The van der Waals surface area contributed by atoms with Crippen LogP contribution in [0.2, 0.25) is 0 Å². The third kappa shape index (κ3) is 5.92. The lowest BCUT2D eigenvalue weighted by Crippen LogP contribution is -2.23. The van der Waals surface area contributed by atoms with Crippen LogP contribution in [0, 0.1) is 6.92 Å². The lowest BCUT2D eigenvalue weighted by molar-refractivity contribution is -0.115. The number of para-hydroxylation sites is 1. The number of carbonyl (C=O) groups is 1. The molecule has 0 spiro atoms. The van der Waals surface area contributed by atoms with E-state index in [1.165, 1.54) is 11.8 Å². The van der Waals surface area contributed by atoms with Gasteiger partial charge in [0.15, 0.2) is 5.16 Å². The molecule has 5 rings (SSSR count). The third-order valence-corrected chi connectivity index (χ3v) is 7.69. The Labute approximate surface area is 242 Å². The molecule has 0 unspecified atom stereocenters. The van der Waals surface area contributed by atoms with Crippen molar-refractivity contribution in [2.24, 2.45) is 7.05 Å². The van der Waals surface area contributed by atoms with Gasteiger partial charge in [-0.15, -0.1) is 0 Å². The second-order valence-electron chi connectivity index (χ2n) is 9.31. The van der Waals surface area contributed by atoms with Crippen molar-refractivity contribution in [1.82, 2.24) is 19.3 Å². The molecule has 0 atom stereocenters. The number of H-pyrrole nitrogens is 1. The Morgan fingerprint density at radius 2 is 1.54 bits per heavy atom. The predicted octanol–water partition coefficient (Wildman–Crippen LogP) is 5.68. The molecule has 0 saturated carbocycles. The molecule has 41 heavy (non-hydrogen) atoms. The van der Waals surface area contributed by atoms with Gasteiger partial charge >= 0.3 is 0 Å². The average molecular weight is 570 g/mol. The molecule has 3 aromatic carbocycles. The Morgan fingerprint density at radius 3 is 2.15 bits per heavy atom. The second-order valence-corrected chi connectivity index (χ2v) is 10.4. The number of anilines is 1. The monoisotopic (exact) mass is 569 g/mol. The van der Waals surface area contributed by atoms with E-state index in [0.717, 1.165) is 39.7 Å². The number of nitrogens with one attached hydrogen (secondary N) is 2. The molecule has 0 aliphatic rings. The maximum absolute atomic E-state index is 13.1. The number of imidazole rings is 1. The summed E-state index contributed by atoms with van der Waals surface area (Å²) < 4.78 is 13.9. The highest BCUT2D eigenvalue weighted by Crippen LogP contribution is 2.34. The fourth-order valence-corrected chi connectivity index (χ4v) is 5.31. The van der Waals surface area contributed by atoms with E-state index in [1.54, 1.807) is 30.6 Å². The van der Waals surface area contributed by atoms with E-state index in [-0.39, 0.29) is 23.6 Å². The quantitative estimate of drug-likeness (QED) is 0.210.